The van der Waals surface area contributed by atoms with E-state index in [1.54, 1.807) is 0 Å². The molecule has 0 bridgehead atoms. The molecular formula is C29H48O. The predicted octanol–water partition coefficient (Wildman–Crippen LogP) is 8.09. The fourth-order valence-corrected chi connectivity index (χ4v) is 8.94. The van der Waals surface area contributed by atoms with E-state index in [1.807, 2.05) is 0 Å². The predicted molar refractivity (Wildman–Crippen MR) is 127 cm³/mol. The maximum atomic E-state index is 12.2. The van der Waals surface area contributed by atoms with Crippen LogP contribution in [0.4, 0.5) is 0 Å². The molecule has 170 valence electrons. The molecule has 1 nitrogen and oxygen atoms in total. The Morgan fingerprint density at radius 2 is 1.73 bits per heavy atom. The van der Waals surface area contributed by atoms with Crippen LogP contribution in [-0.2, 0) is 4.79 Å². The van der Waals surface area contributed by atoms with Gasteiger partial charge in [-0.05, 0) is 103 Å². The quantitative estimate of drug-likeness (QED) is 0.446. The van der Waals surface area contributed by atoms with E-state index in [0.717, 1.165) is 60.2 Å². The molecule has 0 N–H and O–H groups in total. The molecule has 3 saturated carbocycles. The lowest BCUT2D eigenvalue weighted by Crippen LogP contribution is -2.53. The maximum absolute atomic E-state index is 12.2. The number of carbonyl (C=O) groups excluding carboxylic acids is 1. The van der Waals surface area contributed by atoms with Crippen molar-refractivity contribution in [3.8, 4) is 0 Å². The molecule has 0 aromatic carbocycles. The van der Waals surface area contributed by atoms with Crippen molar-refractivity contribution in [2.75, 3.05) is 0 Å². The molecular weight excluding hydrogens is 364 g/mol. The molecule has 0 aromatic rings. The smallest absolute Gasteiger partial charge is 0.155 e. The van der Waals surface area contributed by atoms with E-state index >= 15 is 0 Å². The van der Waals surface area contributed by atoms with Gasteiger partial charge in [0.25, 0.3) is 0 Å². The third-order valence-electron chi connectivity index (χ3n) is 11.3. The van der Waals surface area contributed by atoms with Crippen molar-refractivity contribution in [3.63, 3.8) is 0 Å². The summed E-state index contributed by atoms with van der Waals surface area (Å²) in [6.07, 6.45) is 13.7. The second-order valence-electron chi connectivity index (χ2n) is 13.0. The summed E-state index contributed by atoms with van der Waals surface area (Å²) in [5.74, 6) is 7.21. The molecule has 0 aliphatic heterocycles. The Kier molecular flexibility index (Phi) is 6.08. The minimum Gasteiger partial charge on any atom is -0.295 e. The average molecular weight is 413 g/mol. The van der Waals surface area contributed by atoms with Crippen molar-refractivity contribution in [2.45, 2.75) is 106 Å². The third-order valence-corrected chi connectivity index (χ3v) is 11.3. The van der Waals surface area contributed by atoms with E-state index in [9.17, 15) is 4.79 Å². The Morgan fingerprint density at radius 3 is 2.43 bits per heavy atom. The number of fused-ring (bicyclic) bond motifs is 5. The van der Waals surface area contributed by atoms with Gasteiger partial charge in [-0.2, -0.15) is 0 Å². The highest BCUT2D eigenvalue weighted by Crippen LogP contribution is 2.68. The molecule has 3 fully saturated rings. The van der Waals surface area contributed by atoms with Crippen LogP contribution in [0.25, 0.3) is 0 Å². The number of rotatable bonds is 5. The van der Waals surface area contributed by atoms with Gasteiger partial charge >= 0.3 is 0 Å². The van der Waals surface area contributed by atoms with Crippen LogP contribution in [0.1, 0.15) is 106 Å². The Morgan fingerprint density at radius 1 is 1.00 bits per heavy atom. The standard InChI is InChI=1S/C29H48O/c1-18(2)19(3)8-9-20(4)24-10-11-25-27-21(5)16-22-17-23(30)12-14-28(22,6)26(27)13-15-29(24,25)7/h17-21,24-27H,8-16H2,1-7H3/t19-,20-,21+,24-,25+,26+,27+,28+,29-/m1/s1. The van der Waals surface area contributed by atoms with Crippen LogP contribution in [0.2, 0.25) is 0 Å². The molecule has 0 aromatic heterocycles. The first-order valence-corrected chi connectivity index (χ1v) is 13.3. The van der Waals surface area contributed by atoms with Gasteiger partial charge in [0.2, 0.25) is 0 Å². The van der Waals surface area contributed by atoms with Crippen LogP contribution in [0.3, 0.4) is 0 Å². The summed E-state index contributed by atoms with van der Waals surface area (Å²) in [6, 6.07) is 0. The molecule has 0 spiro atoms. The molecule has 30 heavy (non-hydrogen) atoms. The van der Waals surface area contributed by atoms with E-state index in [0.29, 0.717) is 16.6 Å². The second-order valence-corrected chi connectivity index (χ2v) is 13.0. The first-order chi connectivity index (χ1) is 14.1. The fraction of sp³-hybridized carbons (Fsp3) is 0.897. The van der Waals surface area contributed by atoms with Crippen molar-refractivity contribution in [3.05, 3.63) is 11.6 Å². The van der Waals surface area contributed by atoms with E-state index in [-0.39, 0.29) is 0 Å². The van der Waals surface area contributed by atoms with Gasteiger partial charge in [0, 0.05) is 6.42 Å². The van der Waals surface area contributed by atoms with Crippen molar-refractivity contribution >= 4 is 5.78 Å². The van der Waals surface area contributed by atoms with Crippen LogP contribution < -0.4 is 0 Å². The van der Waals surface area contributed by atoms with Crippen molar-refractivity contribution in [2.24, 2.45) is 58.2 Å². The van der Waals surface area contributed by atoms with Crippen molar-refractivity contribution in [1.29, 1.82) is 0 Å². The highest BCUT2D eigenvalue weighted by atomic mass is 16.1. The highest BCUT2D eigenvalue weighted by molar-refractivity contribution is 5.91. The Bertz CT molecular complexity index is 688. The lowest BCUT2D eigenvalue weighted by molar-refractivity contribution is -0.119. The van der Waals surface area contributed by atoms with Crippen molar-refractivity contribution in [1.82, 2.24) is 0 Å². The zero-order valence-electron chi connectivity index (χ0n) is 21.0. The second kappa shape index (κ2) is 8.08. The van der Waals surface area contributed by atoms with Crippen LogP contribution in [0.15, 0.2) is 11.6 Å². The molecule has 0 radical (unpaired) electrons. The minimum absolute atomic E-state index is 0.308. The number of hydrogen-bond acceptors (Lipinski definition) is 1. The van der Waals surface area contributed by atoms with Crippen LogP contribution in [0.5, 0.6) is 0 Å². The third kappa shape index (κ3) is 3.55. The van der Waals surface area contributed by atoms with Gasteiger partial charge in [-0.25, -0.2) is 0 Å². The molecule has 0 unspecified atom stereocenters. The first kappa shape index (κ1) is 22.6. The molecule has 4 aliphatic carbocycles. The Hall–Kier alpha value is -0.590. The van der Waals surface area contributed by atoms with Crippen LogP contribution in [0, 0.1) is 58.2 Å². The molecule has 0 amide bonds. The number of allylic oxidation sites excluding steroid dienone is 1. The summed E-state index contributed by atoms with van der Waals surface area (Å²) in [6.45, 7) is 17.5. The molecule has 4 rings (SSSR count). The number of hydrogen-bond donors (Lipinski definition) is 0. The fourth-order valence-electron chi connectivity index (χ4n) is 8.94. The number of carbonyl (C=O) groups is 1. The molecule has 4 aliphatic rings. The van der Waals surface area contributed by atoms with Gasteiger partial charge in [0.05, 0.1) is 0 Å². The molecule has 9 atom stereocenters. The Labute approximate surface area is 186 Å². The topological polar surface area (TPSA) is 17.1 Å². The van der Waals surface area contributed by atoms with Gasteiger partial charge < -0.3 is 0 Å². The molecule has 0 saturated heterocycles. The average Bonchev–Trinajstić information content (AvgIpc) is 3.04. The summed E-state index contributed by atoms with van der Waals surface area (Å²) in [5, 5.41) is 0. The first-order valence-electron chi connectivity index (χ1n) is 13.3. The maximum Gasteiger partial charge on any atom is 0.155 e. The van der Waals surface area contributed by atoms with E-state index < -0.39 is 0 Å². The molecule has 1 heteroatoms. The zero-order valence-corrected chi connectivity index (χ0v) is 21.0. The summed E-state index contributed by atoms with van der Waals surface area (Å²) >= 11 is 0. The van der Waals surface area contributed by atoms with E-state index in [2.05, 4.69) is 54.5 Å². The molecule has 0 heterocycles. The summed E-state index contributed by atoms with van der Waals surface area (Å²) in [4.78, 5) is 12.2. The van der Waals surface area contributed by atoms with Crippen LogP contribution in [-0.4, -0.2) is 5.78 Å². The highest BCUT2D eigenvalue weighted by Gasteiger charge is 2.60. The van der Waals surface area contributed by atoms with Gasteiger partial charge in [0.1, 0.15) is 0 Å². The largest absolute Gasteiger partial charge is 0.295 e. The summed E-state index contributed by atoms with van der Waals surface area (Å²) in [5.41, 5.74) is 2.38. The van der Waals surface area contributed by atoms with E-state index in [4.69, 9.17) is 0 Å². The van der Waals surface area contributed by atoms with Gasteiger partial charge in [-0.1, -0.05) is 66.9 Å². The monoisotopic (exact) mass is 412 g/mol. The number of ketones is 1. The van der Waals surface area contributed by atoms with Gasteiger partial charge in [-0.3, -0.25) is 4.79 Å². The normalized spacial score (nSPS) is 45.4. The summed E-state index contributed by atoms with van der Waals surface area (Å²) < 4.78 is 0. The Balaban J connectivity index is 1.53. The lowest BCUT2D eigenvalue weighted by atomic mass is 9.44. The lowest BCUT2D eigenvalue weighted by Gasteiger charge is -2.60. The summed E-state index contributed by atoms with van der Waals surface area (Å²) in [7, 11) is 0. The van der Waals surface area contributed by atoms with Gasteiger partial charge in [-0.15, -0.1) is 0 Å². The van der Waals surface area contributed by atoms with Crippen LogP contribution >= 0.6 is 0 Å². The van der Waals surface area contributed by atoms with Crippen molar-refractivity contribution < 1.29 is 4.79 Å². The van der Waals surface area contributed by atoms with E-state index in [1.165, 1.54) is 50.5 Å². The SMILES string of the molecule is CC(C)[C@H](C)CC[C@@H](C)[C@H]1CC[C@H]2[C@@H]3[C@@H](C)CC4=CC(=O)CC[C@]4(C)[C@H]3CC[C@]12C. The minimum atomic E-state index is 0.308. The van der Waals surface area contributed by atoms with Gasteiger partial charge in [0.15, 0.2) is 5.78 Å². The zero-order chi connectivity index (χ0) is 21.8.